The average molecular weight is 409 g/mol. The van der Waals surface area contributed by atoms with E-state index >= 15 is 0 Å². The summed E-state index contributed by atoms with van der Waals surface area (Å²) in [5.41, 5.74) is 1.71. The lowest BCUT2D eigenvalue weighted by Crippen LogP contribution is -2.30. The fourth-order valence-electron chi connectivity index (χ4n) is 2.76. The number of carbonyl (C=O) groups is 2. The molecule has 2 aromatic carbocycles. The van der Waals surface area contributed by atoms with Crippen LogP contribution in [-0.2, 0) is 9.53 Å². The number of hydrogen-bond donors (Lipinski definition) is 2. The molecule has 2 N–H and O–H groups in total. The van der Waals surface area contributed by atoms with Crippen molar-refractivity contribution in [2.24, 2.45) is 4.99 Å². The zero-order valence-corrected chi connectivity index (χ0v) is 16.3. The van der Waals surface area contributed by atoms with Gasteiger partial charge in [0.05, 0.1) is 12.3 Å². The minimum atomic E-state index is -0.552. The van der Waals surface area contributed by atoms with Crippen LogP contribution >= 0.6 is 11.6 Å². The molecule has 0 fully saturated rings. The lowest BCUT2D eigenvalue weighted by molar-refractivity contribution is -0.117. The molecule has 2 amide bonds. The van der Waals surface area contributed by atoms with E-state index in [9.17, 15) is 14.9 Å². The Kier molecular flexibility index (Phi) is 6.39. The zero-order chi connectivity index (χ0) is 20.8. The van der Waals surface area contributed by atoms with E-state index in [0.29, 0.717) is 28.3 Å². The van der Waals surface area contributed by atoms with E-state index < -0.39 is 5.91 Å². The quantitative estimate of drug-likeness (QED) is 0.450. The van der Waals surface area contributed by atoms with Crippen LogP contribution < -0.4 is 10.6 Å². The van der Waals surface area contributed by atoms with Gasteiger partial charge in [-0.3, -0.25) is 9.59 Å². The molecule has 0 bridgehead atoms. The van der Waals surface area contributed by atoms with E-state index in [1.165, 1.54) is 7.11 Å². The number of amidine groups is 1. The molecule has 1 heterocycles. The van der Waals surface area contributed by atoms with Crippen molar-refractivity contribution in [3.63, 3.8) is 0 Å². The van der Waals surface area contributed by atoms with E-state index in [1.807, 2.05) is 6.07 Å². The molecule has 2 aromatic rings. The molecule has 0 saturated carbocycles. The van der Waals surface area contributed by atoms with Gasteiger partial charge in [-0.25, -0.2) is 4.99 Å². The topological polar surface area (TPSA) is 104 Å². The summed E-state index contributed by atoms with van der Waals surface area (Å²) in [4.78, 5) is 29.4. The SMILES string of the molecule is COCCNC(=O)/C(C#N)=C1\N=C(NC(=O)c2ccc(Cl)cc2)c2ccccc21. The maximum atomic E-state index is 12.6. The Morgan fingerprint density at radius 2 is 1.83 bits per heavy atom. The summed E-state index contributed by atoms with van der Waals surface area (Å²) < 4.78 is 4.90. The second kappa shape index (κ2) is 9.15. The number of fused-ring (bicyclic) bond motifs is 1. The van der Waals surface area contributed by atoms with Gasteiger partial charge in [0.15, 0.2) is 0 Å². The third kappa shape index (κ3) is 4.51. The highest BCUT2D eigenvalue weighted by atomic mass is 35.5. The summed E-state index contributed by atoms with van der Waals surface area (Å²) in [6.07, 6.45) is 0. The van der Waals surface area contributed by atoms with Gasteiger partial charge in [-0.15, -0.1) is 0 Å². The maximum Gasteiger partial charge on any atom is 0.264 e. The lowest BCUT2D eigenvalue weighted by Gasteiger charge is -2.06. The van der Waals surface area contributed by atoms with E-state index in [-0.39, 0.29) is 29.6 Å². The second-order valence-corrected chi connectivity index (χ2v) is 6.49. The first-order valence-electron chi connectivity index (χ1n) is 8.72. The van der Waals surface area contributed by atoms with Crippen LogP contribution in [0.4, 0.5) is 0 Å². The van der Waals surface area contributed by atoms with Crippen LogP contribution in [0.5, 0.6) is 0 Å². The predicted molar refractivity (Wildman–Crippen MR) is 109 cm³/mol. The third-order valence-electron chi connectivity index (χ3n) is 4.17. The molecule has 0 unspecified atom stereocenters. The fourth-order valence-corrected chi connectivity index (χ4v) is 2.89. The number of nitrogens with zero attached hydrogens (tertiary/aromatic N) is 2. The highest BCUT2D eigenvalue weighted by Gasteiger charge is 2.27. The van der Waals surface area contributed by atoms with Crippen molar-refractivity contribution in [1.29, 1.82) is 5.26 Å². The number of nitriles is 1. The Morgan fingerprint density at radius 3 is 2.48 bits per heavy atom. The summed E-state index contributed by atoms with van der Waals surface area (Å²) in [6, 6.07) is 15.4. The molecule has 0 saturated heterocycles. The minimum absolute atomic E-state index is 0.135. The fraction of sp³-hybridized carbons (Fsp3) is 0.143. The van der Waals surface area contributed by atoms with Gasteiger partial charge in [0.1, 0.15) is 17.5 Å². The number of ether oxygens (including phenoxy) is 1. The summed E-state index contributed by atoms with van der Waals surface area (Å²) in [5.74, 6) is -0.657. The van der Waals surface area contributed by atoms with E-state index in [1.54, 1.807) is 48.5 Å². The average Bonchev–Trinajstić information content (AvgIpc) is 3.07. The number of nitrogens with one attached hydrogen (secondary N) is 2. The van der Waals surface area contributed by atoms with Gasteiger partial charge in [0, 0.05) is 35.4 Å². The molecular formula is C21H17ClN4O3. The maximum absolute atomic E-state index is 12.6. The number of rotatable bonds is 5. The summed E-state index contributed by atoms with van der Waals surface area (Å²) in [7, 11) is 1.52. The predicted octanol–water partition coefficient (Wildman–Crippen LogP) is 2.53. The van der Waals surface area contributed by atoms with Crippen LogP contribution in [0.15, 0.2) is 59.1 Å². The Bertz CT molecular complexity index is 1050. The molecule has 1 aliphatic rings. The zero-order valence-electron chi connectivity index (χ0n) is 15.5. The summed E-state index contributed by atoms with van der Waals surface area (Å²) >= 11 is 5.86. The summed E-state index contributed by atoms with van der Waals surface area (Å²) in [5, 5.41) is 15.4. The number of halogens is 1. The van der Waals surface area contributed by atoms with Gasteiger partial charge in [-0.2, -0.15) is 5.26 Å². The van der Waals surface area contributed by atoms with Crippen LogP contribution in [0, 0.1) is 11.3 Å². The monoisotopic (exact) mass is 408 g/mol. The smallest absolute Gasteiger partial charge is 0.264 e. The molecule has 29 heavy (non-hydrogen) atoms. The normalized spacial score (nSPS) is 13.8. The first-order chi connectivity index (χ1) is 14.0. The van der Waals surface area contributed by atoms with Gasteiger partial charge < -0.3 is 15.4 Å². The van der Waals surface area contributed by atoms with Crippen LogP contribution in [0.25, 0.3) is 5.70 Å². The Morgan fingerprint density at radius 1 is 1.14 bits per heavy atom. The molecule has 146 valence electrons. The summed E-state index contributed by atoms with van der Waals surface area (Å²) in [6.45, 7) is 0.585. The lowest BCUT2D eigenvalue weighted by atomic mass is 10.0. The molecule has 0 aliphatic carbocycles. The van der Waals surface area contributed by atoms with Gasteiger partial charge in [0.2, 0.25) is 0 Å². The van der Waals surface area contributed by atoms with Crippen LogP contribution in [0.1, 0.15) is 21.5 Å². The number of benzene rings is 2. The molecule has 1 aliphatic heterocycles. The Labute approximate surface area is 172 Å². The van der Waals surface area contributed by atoms with Crippen molar-refractivity contribution < 1.29 is 14.3 Å². The van der Waals surface area contributed by atoms with Gasteiger partial charge >= 0.3 is 0 Å². The van der Waals surface area contributed by atoms with Gasteiger partial charge in [0.25, 0.3) is 11.8 Å². The van der Waals surface area contributed by atoms with Gasteiger partial charge in [-0.05, 0) is 24.3 Å². The Balaban J connectivity index is 1.94. The standard InChI is InChI=1S/C21H17ClN4O3/c1-29-11-10-24-21(28)17(12-23)18-15-4-2-3-5-16(15)19(25-18)26-20(27)13-6-8-14(22)9-7-13/h2-9H,10-11H2,1H3,(H,24,28)(H,25,26,27)/b18-17-. The van der Waals surface area contributed by atoms with Gasteiger partial charge in [-0.1, -0.05) is 35.9 Å². The molecule has 8 heteroatoms. The van der Waals surface area contributed by atoms with E-state index in [4.69, 9.17) is 16.3 Å². The molecule has 0 aromatic heterocycles. The number of carbonyl (C=O) groups excluding carboxylic acids is 2. The highest BCUT2D eigenvalue weighted by Crippen LogP contribution is 2.30. The van der Waals surface area contributed by atoms with Crippen molar-refractivity contribution in [2.75, 3.05) is 20.3 Å². The van der Waals surface area contributed by atoms with Crippen LogP contribution in [-0.4, -0.2) is 37.9 Å². The highest BCUT2D eigenvalue weighted by molar-refractivity contribution is 6.30. The number of hydrogen-bond acceptors (Lipinski definition) is 5. The number of amides is 2. The minimum Gasteiger partial charge on any atom is -0.383 e. The van der Waals surface area contributed by atoms with Crippen molar-refractivity contribution in [1.82, 2.24) is 10.6 Å². The van der Waals surface area contributed by atoms with E-state index in [2.05, 4.69) is 15.6 Å². The Hall–Kier alpha value is -3.47. The largest absolute Gasteiger partial charge is 0.383 e. The first kappa shape index (κ1) is 20.3. The van der Waals surface area contributed by atoms with E-state index in [0.717, 1.165) is 0 Å². The number of methoxy groups -OCH3 is 1. The first-order valence-corrected chi connectivity index (χ1v) is 9.10. The molecule has 0 radical (unpaired) electrons. The second-order valence-electron chi connectivity index (χ2n) is 6.05. The molecule has 7 nitrogen and oxygen atoms in total. The molecule has 0 atom stereocenters. The van der Waals surface area contributed by atoms with Crippen molar-refractivity contribution in [3.8, 4) is 6.07 Å². The van der Waals surface area contributed by atoms with Crippen molar-refractivity contribution in [2.45, 2.75) is 0 Å². The van der Waals surface area contributed by atoms with Crippen LogP contribution in [0.2, 0.25) is 5.02 Å². The van der Waals surface area contributed by atoms with Crippen molar-refractivity contribution in [3.05, 3.63) is 75.8 Å². The molecule has 3 rings (SSSR count). The number of aliphatic imine (C=N–C) groups is 1. The third-order valence-corrected chi connectivity index (χ3v) is 4.42. The molecular weight excluding hydrogens is 392 g/mol. The molecule has 0 spiro atoms. The van der Waals surface area contributed by atoms with Crippen LogP contribution in [0.3, 0.4) is 0 Å². The van der Waals surface area contributed by atoms with Crippen molar-refractivity contribution >= 4 is 34.9 Å².